The molecule has 2 aromatic heterocycles. The Kier molecular flexibility index (Phi) is 2.83. The van der Waals surface area contributed by atoms with Gasteiger partial charge in [0.1, 0.15) is 6.33 Å². The summed E-state index contributed by atoms with van der Waals surface area (Å²) in [5.74, 6) is 0. The maximum absolute atomic E-state index is 12.3. The molecule has 0 aliphatic rings. The molecule has 0 bridgehead atoms. The number of nitrogens with one attached hydrogen (secondary N) is 1. The van der Waals surface area contributed by atoms with E-state index >= 15 is 0 Å². The molecule has 3 rings (SSSR count). The molecule has 0 saturated heterocycles. The molecule has 0 spiro atoms. The van der Waals surface area contributed by atoms with E-state index in [4.69, 9.17) is 11.6 Å². The highest BCUT2D eigenvalue weighted by Crippen LogP contribution is 2.14. The van der Waals surface area contributed by atoms with Crippen LogP contribution in [0.4, 0.5) is 0 Å². The summed E-state index contributed by atoms with van der Waals surface area (Å²) in [6.45, 7) is 1.86. The van der Waals surface area contributed by atoms with Gasteiger partial charge in [-0.3, -0.25) is 9.89 Å². The third-order valence-electron chi connectivity index (χ3n) is 3.04. The molecule has 2 heterocycles. The van der Waals surface area contributed by atoms with E-state index in [1.165, 1.54) is 10.8 Å². The molecule has 0 aliphatic heterocycles. The van der Waals surface area contributed by atoms with Crippen molar-refractivity contribution in [3.63, 3.8) is 0 Å². The van der Waals surface area contributed by atoms with Crippen molar-refractivity contribution in [3.05, 3.63) is 62.7 Å². The number of hydrogen-bond acceptors (Lipinski definition) is 3. The van der Waals surface area contributed by atoms with Crippen LogP contribution in [0.3, 0.4) is 0 Å². The highest BCUT2D eigenvalue weighted by Gasteiger charge is 2.11. The topological polar surface area (TPSA) is 63.1 Å². The van der Waals surface area contributed by atoms with Gasteiger partial charge in [0.15, 0.2) is 0 Å². The van der Waals surface area contributed by atoms with E-state index < -0.39 is 0 Å². The van der Waals surface area contributed by atoms with Gasteiger partial charge in [-0.1, -0.05) is 23.7 Å². The van der Waals surface area contributed by atoms with E-state index in [-0.39, 0.29) is 5.43 Å². The van der Waals surface area contributed by atoms with Gasteiger partial charge in [-0.15, -0.1) is 10.2 Å². The first kappa shape index (κ1) is 11.9. The third kappa shape index (κ3) is 2.13. The van der Waals surface area contributed by atoms with Gasteiger partial charge >= 0.3 is 0 Å². The average molecular weight is 275 g/mol. The van der Waals surface area contributed by atoms with Gasteiger partial charge in [0.05, 0.1) is 0 Å². The number of benzene rings is 1. The van der Waals surface area contributed by atoms with E-state index in [0.717, 1.165) is 11.3 Å². The zero-order valence-electron chi connectivity index (χ0n) is 10.2. The highest BCUT2D eigenvalue weighted by molar-refractivity contribution is 6.30. The molecular formula is C13H11ClN4O. The normalized spacial score (nSPS) is 11.1. The Balaban J connectivity index is 2.12. The zero-order chi connectivity index (χ0) is 13.4. The van der Waals surface area contributed by atoms with Gasteiger partial charge < -0.3 is 0 Å². The molecule has 1 aromatic carbocycles. The molecule has 0 aliphatic carbocycles. The molecule has 0 fully saturated rings. The van der Waals surface area contributed by atoms with Crippen LogP contribution >= 0.6 is 11.6 Å². The van der Waals surface area contributed by atoms with Crippen molar-refractivity contribution >= 4 is 17.2 Å². The summed E-state index contributed by atoms with van der Waals surface area (Å²) in [6, 6.07) is 7.48. The Hall–Kier alpha value is -2.14. The maximum Gasteiger partial charge on any atom is 0.230 e. The molecule has 0 unspecified atom stereocenters. The number of rotatable bonds is 2. The van der Waals surface area contributed by atoms with Crippen LogP contribution in [0.1, 0.15) is 16.8 Å². The van der Waals surface area contributed by atoms with Crippen molar-refractivity contribution in [1.82, 2.24) is 19.8 Å². The summed E-state index contributed by atoms with van der Waals surface area (Å²) in [5.41, 5.74) is 2.68. The number of fused-ring (bicyclic) bond motifs is 1. The van der Waals surface area contributed by atoms with Crippen LogP contribution in [-0.2, 0) is 6.42 Å². The summed E-state index contributed by atoms with van der Waals surface area (Å²) in [7, 11) is 0. The van der Waals surface area contributed by atoms with Crippen molar-refractivity contribution in [1.29, 1.82) is 0 Å². The second-order valence-electron chi connectivity index (χ2n) is 4.38. The van der Waals surface area contributed by atoms with Crippen LogP contribution in [0.25, 0.3) is 5.65 Å². The van der Waals surface area contributed by atoms with Gasteiger partial charge in [-0.2, -0.15) is 0 Å². The second kappa shape index (κ2) is 4.51. The fourth-order valence-electron chi connectivity index (χ4n) is 2.09. The predicted molar refractivity (Wildman–Crippen MR) is 72.6 cm³/mol. The molecule has 1 N–H and O–H groups in total. The van der Waals surface area contributed by atoms with Crippen LogP contribution in [0.2, 0.25) is 5.02 Å². The van der Waals surface area contributed by atoms with E-state index in [9.17, 15) is 4.79 Å². The summed E-state index contributed by atoms with van der Waals surface area (Å²) in [5, 5.41) is 11.3. The average Bonchev–Trinajstić information content (AvgIpc) is 2.83. The summed E-state index contributed by atoms with van der Waals surface area (Å²) >= 11 is 5.96. The molecular weight excluding hydrogens is 264 g/mol. The molecule has 3 aromatic rings. The lowest BCUT2D eigenvalue weighted by molar-refractivity contribution is 0.865. The van der Waals surface area contributed by atoms with Crippen molar-refractivity contribution < 1.29 is 0 Å². The van der Waals surface area contributed by atoms with Gasteiger partial charge in [-0.25, -0.2) is 4.52 Å². The summed E-state index contributed by atoms with van der Waals surface area (Å²) in [6.07, 6.45) is 2.00. The first-order chi connectivity index (χ1) is 9.15. The lowest BCUT2D eigenvalue weighted by Gasteiger charge is -2.06. The molecule has 96 valence electrons. The number of H-pyrrole nitrogens is 1. The first-order valence-electron chi connectivity index (χ1n) is 5.81. The molecule has 6 heteroatoms. The lowest BCUT2D eigenvalue weighted by atomic mass is 10.0. The van der Waals surface area contributed by atoms with Crippen LogP contribution in [0.15, 0.2) is 35.4 Å². The Morgan fingerprint density at radius 2 is 2.26 bits per heavy atom. The van der Waals surface area contributed by atoms with Crippen molar-refractivity contribution in [2.24, 2.45) is 0 Å². The van der Waals surface area contributed by atoms with Crippen LogP contribution < -0.4 is 5.43 Å². The van der Waals surface area contributed by atoms with E-state index in [1.54, 1.807) is 0 Å². The molecule has 19 heavy (non-hydrogen) atoms. The number of halogens is 1. The largest absolute Gasteiger partial charge is 0.295 e. The first-order valence-corrected chi connectivity index (χ1v) is 6.19. The standard InChI is InChI=1S/C13H11ClN4O/c1-8-11(6-9-3-2-4-10(14)5-9)12(19)13-16-15-7-18(13)17-8/h2-5,7,17H,6H2,1H3. The minimum Gasteiger partial charge on any atom is -0.295 e. The monoisotopic (exact) mass is 274 g/mol. The minimum atomic E-state index is -0.103. The maximum atomic E-state index is 12.3. The number of nitrogens with zero attached hydrogens (tertiary/aromatic N) is 3. The lowest BCUT2D eigenvalue weighted by Crippen LogP contribution is -2.17. The Bertz CT molecular complexity index is 806. The molecule has 0 radical (unpaired) electrons. The number of hydrogen-bond donors (Lipinski definition) is 1. The van der Waals surface area contributed by atoms with E-state index in [1.807, 2.05) is 31.2 Å². The predicted octanol–water partition coefficient (Wildman–Crippen LogP) is 1.97. The molecule has 0 saturated carbocycles. The number of aryl methyl sites for hydroxylation is 1. The summed E-state index contributed by atoms with van der Waals surface area (Å²) in [4.78, 5) is 12.3. The van der Waals surface area contributed by atoms with E-state index in [0.29, 0.717) is 22.7 Å². The fourth-order valence-corrected chi connectivity index (χ4v) is 2.30. The van der Waals surface area contributed by atoms with Gasteiger partial charge in [0.2, 0.25) is 11.1 Å². The highest BCUT2D eigenvalue weighted by atomic mass is 35.5. The Morgan fingerprint density at radius 3 is 3.05 bits per heavy atom. The Labute approximate surface area is 113 Å². The Morgan fingerprint density at radius 1 is 1.42 bits per heavy atom. The van der Waals surface area contributed by atoms with Gasteiger partial charge in [0.25, 0.3) is 0 Å². The quantitative estimate of drug-likeness (QED) is 0.777. The van der Waals surface area contributed by atoms with Crippen LogP contribution in [-0.4, -0.2) is 19.8 Å². The van der Waals surface area contributed by atoms with Gasteiger partial charge in [-0.05, 0) is 24.6 Å². The van der Waals surface area contributed by atoms with Crippen LogP contribution in [0, 0.1) is 6.92 Å². The number of aromatic nitrogens is 4. The summed E-state index contributed by atoms with van der Waals surface area (Å²) < 4.78 is 1.53. The fraction of sp³-hybridized carbons (Fsp3) is 0.154. The van der Waals surface area contributed by atoms with Crippen molar-refractivity contribution in [2.75, 3.05) is 0 Å². The van der Waals surface area contributed by atoms with E-state index in [2.05, 4.69) is 15.3 Å². The van der Waals surface area contributed by atoms with Crippen LogP contribution in [0.5, 0.6) is 0 Å². The zero-order valence-corrected chi connectivity index (χ0v) is 11.0. The molecule has 0 amide bonds. The minimum absolute atomic E-state index is 0.103. The van der Waals surface area contributed by atoms with Gasteiger partial charge in [0, 0.05) is 22.7 Å². The second-order valence-corrected chi connectivity index (χ2v) is 4.81. The van der Waals surface area contributed by atoms with Crippen molar-refractivity contribution in [2.45, 2.75) is 13.3 Å². The SMILES string of the molecule is Cc1[nH]n2cnnc2c(=O)c1Cc1cccc(Cl)c1. The number of aromatic amines is 1. The van der Waals surface area contributed by atoms with Crippen molar-refractivity contribution in [3.8, 4) is 0 Å². The molecule has 0 atom stereocenters. The molecule has 5 nitrogen and oxygen atoms in total. The smallest absolute Gasteiger partial charge is 0.230 e. The third-order valence-corrected chi connectivity index (χ3v) is 3.27.